The van der Waals surface area contributed by atoms with Crippen molar-refractivity contribution < 1.29 is 0 Å². The van der Waals surface area contributed by atoms with Crippen LogP contribution in [-0.2, 0) is 0 Å². The lowest BCUT2D eigenvalue weighted by Crippen LogP contribution is -2.16. The van der Waals surface area contributed by atoms with Crippen LogP contribution in [0.25, 0.3) is 10.6 Å². The van der Waals surface area contributed by atoms with Crippen LogP contribution < -0.4 is 5.32 Å². The number of benzene rings is 1. The molecule has 0 saturated carbocycles. The molecule has 1 atom stereocenters. The number of nitrogens with zero attached hydrogens (tertiary/aromatic N) is 1. The number of hydrogen-bond acceptors (Lipinski definition) is 3. The molecule has 0 aliphatic carbocycles. The first-order valence-corrected chi connectivity index (χ1v) is 7.75. The Morgan fingerprint density at radius 1 is 1.50 bits per heavy atom. The van der Waals surface area contributed by atoms with Crippen LogP contribution in [0.15, 0.2) is 28.9 Å². The lowest BCUT2D eigenvalue weighted by molar-refractivity contribution is 0.606. The first-order chi connectivity index (χ1) is 8.61. The van der Waals surface area contributed by atoms with E-state index >= 15 is 0 Å². The van der Waals surface area contributed by atoms with Crippen LogP contribution in [0.4, 0.5) is 0 Å². The fraction of sp³-hybridized carbons (Fsp3) is 0.308. The van der Waals surface area contributed by atoms with Crippen molar-refractivity contribution in [1.82, 2.24) is 10.3 Å². The maximum absolute atomic E-state index is 5.99. The molecule has 5 heteroatoms. The third-order valence-electron chi connectivity index (χ3n) is 2.63. The van der Waals surface area contributed by atoms with Crippen molar-refractivity contribution in [2.45, 2.75) is 19.9 Å². The van der Waals surface area contributed by atoms with Crippen molar-refractivity contribution in [3.05, 3.63) is 38.8 Å². The SMILES string of the molecule is CCNC(C)c1cnc(-c2ccc(Cl)c(Br)c2)s1. The molecule has 0 aliphatic heterocycles. The summed E-state index contributed by atoms with van der Waals surface area (Å²) in [5, 5.41) is 5.13. The van der Waals surface area contributed by atoms with Crippen LogP contribution in [0.2, 0.25) is 5.02 Å². The highest BCUT2D eigenvalue weighted by molar-refractivity contribution is 9.10. The Morgan fingerprint density at radius 2 is 2.28 bits per heavy atom. The zero-order valence-corrected chi connectivity index (χ0v) is 13.4. The third kappa shape index (κ3) is 3.12. The maximum atomic E-state index is 5.99. The average Bonchev–Trinajstić information content (AvgIpc) is 2.82. The molecule has 0 amide bonds. The minimum absolute atomic E-state index is 0.344. The average molecular weight is 346 g/mol. The van der Waals surface area contributed by atoms with E-state index in [9.17, 15) is 0 Å². The zero-order valence-electron chi connectivity index (χ0n) is 10.2. The number of rotatable bonds is 4. The van der Waals surface area contributed by atoms with Gasteiger partial charge in [0.2, 0.25) is 0 Å². The molecule has 0 aliphatic rings. The lowest BCUT2D eigenvalue weighted by Gasteiger charge is -2.08. The molecule has 0 fully saturated rings. The van der Waals surface area contributed by atoms with Crippen LogP contribution in [0.3, 0.4) is 0 Å². The first kappa shape index (κ1) is 14.0. The molecule has 2 nitrogen and oxygen atoms in total. The quantitative estimate of drug-likeness (QED) is 0.852. The highest BCUT2D eigenvalue weighted by atomic mass is 79.9. The monoisotopic (exact) mass is 344 g/mol. The minimum Gasteiger partial charge on any atom is -0.310 e. The fourth-order valence-electron chi connectivity index (χ4n) is 1.66. The van der Waals surface area contributed by atoms with Gasteiger partial charge in [-0.3, -0.25) is 0 Å². The fourth-order valence-corrected chi connectivity index (χ4v) is 3.09. The molecular weight excluding hydrogens is 332 g/mol. The Kier molecular flexibility index (Phi) is 4.78. The summed E-state index contributed by atoms with van der Waals surface area (Å²) in [5.74, 6) is 0. The van der Waals surface area contributed by atoms with Gasteiger partial charge in [-0.1, -0.05) is 24.6 Å². The molecule has 2 aromatic rings. The first-order valence-electron chi connectivity index (χ1n) is 5.76. The summed E-state index contributed by atoms with van der Waals surface area (Å²) >= 11 is 11.1. The van der Waals surface area contributed by atoms with Gasteiger partial charge in [0.25, 0.3) is 0 Å². The van der Waals surface area contributed by atoms with Crippen LogP contribution in [-0.4, -0.2) is 11.5 Å². The van der Waals surface area contributed by atoms with Crippen molar-refractivity contribution in [1.29, 1.82) is 0 Å². The van der Waals surface area contributed by atoms with E-state index in [1.165, 1.54) is 4.88 Å². The van der Waals surface area contributed by atoms with E-state index in [1.54, 1.807) is 11.3 Å². The second-order valence-electron chi connectivity index (χ2n) is 3.98. The summed E-state index contributed by atoms with van der Waals surface area (Å²) in [4.78, 5) is 5.72. The van der Waals surface area contributed by atoms with E-state index in [2.05, 4.69) is 40.1 Å². The van der Waals surface area contributed by atoms with Crippen LogP contribution in [0, 0.1) is 0 Å². The van der Waals surface area contributed by atoms with E-state index in [4.69, 9.17) is 11.6 Å². The van der Waals surface area contributed by atoms with Gasteiger partial charge in [0.1, 0.15) is 5.01 Å². The molecule has 1 heterocycles. The number of aromatic nitrogens is 1. The molecular formula is C13H14BrClN2S. The molecule has 0 spiro atoms. The predicted molar refractivity (Wildman–Crippen MR) is 82.4 cm³/mol. The Bertz CT molecular complexity index is 542. The van der Waals surface area contributed by atoms with Gasteiger partial charge < -0.3 is 5.32 Å². The molecule has 1 aromatic carbocycles. The van der Waals surface area contributed by atoms with Crippen molar-refractivity contribution in [3.63, 3.8) is 0 Å². The van der Waals surface area contributed by atoms with Crippen molar-refractivity contribution in [2.75, 3.05) is 6.54 Å². The van der Waals surface area contributed by atoms with Crippen molar-refractivity contribution in [3.8, 4) is 10.6 Å². The van der Waals surface area contributed by atoms with E-state index in [0.717, 1.165) is 26.6 Å². The van der Waals surface area contributed by atoms with E-state index in [-0.39, 0.29) is 0 Å². The van der Waals surface area contributed by atoms with Gasteiger partial charge in [0, 0.05) is 27.2 Å². The van der Waals surface area contributed by atoms with E-state index < -0.39 is 0 Å². The Labute approximate surface area is 125 Å². The lowest BCUT2D eigenvalue weighted by atomic mass is 10.2. The number of halogens is 2. The van der Waals surface area contributed by atoms with Crippen molar-refractivity contribution in [2.24, 2.45) is 0 Å². The topological polar surface area (TPSA) is 24.9 Å². The van der Waals surface area contributed by atoms with Gasteiger partial charge in [-0.2, -0.15) is 0 Å². The van der Waals surface area contributed by atoms with Crippen LogP contribution in [0.1, 0.15) is 24.8 Å². The number of thiazole rings is 1. The minimum atomic E-state index is 0.344. The summed E-state index contributed by atoms with van der Waals surface area (Å²) < 4.78 is 0.901. The standard InChI is InChI=1S/C13H14BrClN2S/c1-3-16-8(2)12-7-17-13(18-12)9-4-5-11(15)10(14)6-9/h4-8,16H,3H2,1-2H3. The van der Waals surface area contributed by atoms with Crippen molar-refractivity contribution >= 4 is 38.9 Å². The summed E-state index contributed by atoms with van der Waals surface area (Å²) in [7, 11) is 0. The van der Waals surface area contributed by atoms with E-state index in [1.807, 2.05) is 24.4 Å². The van der Waals surface area contributed by atoms with Gasteiger partial charge in [0.15, 0.2) is 0 Å². The molecule has 96 valence electrons. The third-order valence-corrected chi connectivity index (χ3v) is 5.07. The molecule has 0 saturated heterocycles. The van der Waals surface area contributed by atoms with Gasteiger partial charge in [0.05, 0.1) is 5.02 Å². The highest BCUT2D eigenvalue weighted by Crippen LogP contribution is 2.32. The Morgan fingerprint density at radius 3 is 2.94 bits per heavy atom. The summed E-state index contributed by atoms with van der Waals surface area (Å²) in [6.45, 7) is 5.22. The van der Waals surface area contributed by atoms with Gasteiger partial charge in [-0.15, -0.1) is 11.3 Å². The summed E-state index contributed by atoms with van der Waals surface area (Å²) in [5.41, 5.74) is 1.09. The molecule has 0 bridgehead atoms. The predicted octanol–water partition coefficient (Wildman–Crippen LogP) is 4.90. The maximum Gasteiger partial charge on any atom is 0.123 e. The van der Waals surface area contributed by atoms with Gasteiger partial charge >= 0.3 is 0 Å². The van der Waals surface area contributed by atoms with Gasteiger partial charge in [-0.25, -0.2) is 4.98 Å². The van der Waals surface area contributed by atoms with Crippen LogP contribution in [0.5, 0.6) is 0 Å². The largest absolute Gasteiger partial charge is 0.310 e. The normalized spacial score (nSPS) is 12.7. The zero-order chi connectivity index (χ0) is 13.1. The van der Waals surface area contributed by atoms with Gasteiger partial charge in [-0.05, 0) is 41.5 Å². The molecule has 1 N–H and O–H groups in total. The number of nitrogens with one attached hydrogen (secondary N) is 1. The Balaban J connectivity index is 2.26. The molecule has 0 radical (unpaired) electrons. The second kappa shape index (κ2) is 6.15. The molecule has 1 unspecified atom stereocenters. The molecule has 18 heavy (non-hydrogen) atoms. The Hall–Kier alpha value is -0.420. The summed E-state index contributed by atoms with van der Waals surface area (Å²) in [6.07, 6.45) is 1.94. The van der Waals surface area contributed by atoms with Crippen LogP contribution >= 0.6 is 38.9 Å². The molecule has 2 rings (SSSR count). The smallest absolute Gasteiger partial charge is 0.123 e. The second-order valence-corrected chi connectivity index (χ2v) is 6.30. The highest BCUT2D eigenvalue weighted by Gasteiger charge is 2.10. The molecule has 1 aromatic heterocycles. The number of hydrogen-bond donors (Lipinski definition) is 1. The van der Waals surface area contributed by atoms with E-state index in [0.29, 0.717) is 6.04 Å². The summed E-state index contributed by atoms with van der Waals surface area (Å²) in [6, 6.07) is 6.23.